The minimum Gasteiger partial charge on any atom is -0.298 e. The summed E-state index contributed by atoms with van der Waals surface area (Å²) in [4.78, 5) is 20.6. The Kier molecular flexibility index (Phi) is 4.61. The summed E-state index contributed by atoms with van der Waals surface area (Å²) in [7, 11) is -4.01. The van der Waals surface area contributed by atoms with Crippen molar-refractivity contribution in [2.45, 2.75) is 24.8 Å². The summed E-state index contributed by atoms with van der Waals surface area (Å²) >= 11 is 5.59. The molecule has 7 nitrogen and oxygen atoms in total. The van der Waals surface area contributed by atoms with Crippen LogP contribution in [0.5, 0.6) is 0 Å². The van der Waals surface area contributed by atoms with Crippen LogP contribution in [0, 0.1) is 10.1 Å². The lowest BCUT2D eigenvalue weighted by molar-refractivity contribution is -0.384. The molecule has 9 heteroatoms. The Morgan fingerprint density at radius 1 is 1.47 bits per heavy atom. The molecule has 19 heavy (non-hydrogen) atoms. The summed E-state index contributed by atoms with van der Waals surface area (Å²) < 4.78 is 25.9. The number of nitro groups is 1. The van der Waals surface area contributed by atoms with E-state index in [9.17, 15) is 23.3 Å². The van der Waals surface area contributed by atoms with Crippen molar-refractivity contribution in [1.82, 2.24) is 4.72 Å². The highest BCUT2D eigenvalue weighted by atomic mass is 35.5. The summed E-state index contributed by atoms with van der Waals surface area (Å²) in [5, 5.41) is 10.5. The Morgan fingerprint density at radius 3 is 2.53 bits per heavy atom. The van der Waals surface area contributed by atoms with Gasteiger partial charge in [-0.05, 0) is 26.0 Å². The lowest BCUT2D eigenvalue weighted by atomic mass is 10.3. The molecule has 1 N–H and O–H groups in total. The largest absolute Gasteiger partial charge is 0.298 e. The van der Waals surface area contributed by atoms with E-state index in [0.717, 1.165) is 18.2 Å². The number of nitrogens with one attached hydrogen (secondary N) is 1. The summed E-state index contributed by atoms with van der Waals surface area (Å²) in [5.41, 5.74) is -0.514. The van der Waals surface area contributed by atoms with Crippen molar-refractivity contribution >= 4 is 33.1 Å². The van der Waals surface area contributed by atoms with Gasteiger partial charge in [-0.25, -0.2) is 13.1 Å². The predicted octanol–water partition coefficient (Wildman–Crippen LogP) is 1.50. The number of Topliss-reactive ketones (excluding diaryl/α,β-unsaturated/α-hetero) is 1. The molecule has 0 heterocycles. The van der Waals surface area contributed by atoms with Crippen molar-refractivity contribution in [3.63, 3.8) is 0 Å². The molecule has 104 valence electrons. The molecule has 1 aromatic rings. The van der Waals surface area contributed by atoms with Crippen LogP contribution in [-0.2, 0) is 14.8 Å². The second-order valence-electron chi connectivity index (χ2n) is 3.82. The van der Waals surface area contributed by atoms with Crippen LogP contribution in [0.1, 0.15) is 13.8 Å². The maximum Gasteiger partial charge on any atom is 0.289 e. The molecule has 0 amide bonds. The minimum absolute atomic E-state index is 0.163. The number of sulfonamides is 1. The average molecular weight is 307 g/mol. The molecular weight excluding hydrogens is 296 g/mol. The zero-order chi connectivity index (χ0) is 14.8. The smallest absolute Gasteiger partial charge is 0.289 e. The van der Waals surface area contributed by atoms with Gasteiger partial charge >= 0.3 is 0 Å². The zero-order valence-corrected chi connectivity index (χ0v) is 11.7. The van der Waals surface area contributed by atoms with Gasteiger partial charge in [0.1, 0.15) is 10.8 Å². The lowest BCUT2D eigenvalue weighted by Crippen LogP contribution is -2.37. The highest BCUT2D eigenvalue weighted by Gasteiger charge is 2.23. The maximum atomic E-state index is 11.9. The fourth-order valence-electron chi connectivity index (χ4n) is 1.18. The average Bonchev–Trinajstić information content (AvgIpc) is 2.27. The van der Waals surface area contributed by atoms with Crippen LogP contribution >= 0.6 is 11.6 Å². The van der Waals surface area contributed by atoms with Crippen LogP contribution in [0.3, 0.4) is 0 Å². The molecule has 0 fully saturated rings. The number of carbonyl (C=O) groups is 1. The van der Waals surface area contributed by atoms with Gasteiger partial charge in [0.15, 0.2) is 0 Å². The van der Waals surface area contributed by atoms with E-state index >= 15 is 0 Å². The highest BCUT2D eigenvalue weighted by molar-refractivity contribution is 7.89. The van der Waals surface area contributed by atoms with Crippen molar-refractivity contribution in [3.8, 4) is 0 Å². The van der Waals surface area contributed by atoms with Crippen molar-refractivity contribution in [1.29, 1.82) is 0 Å². The number of halogens is 1. The van der Waals surface area contributed by atoms with E-state index in [0.29, 0.717) is 0 Å². The molecule has 0 aliphatic carbocycles. The predicted molar refractivity (Wildman–Crippen MR) is 68.6 cm³/mol. The number of hydrogen-bond acceptors (Lipinski definition) is 5. The van der Waals surface area contributed by atoms with Gasteiger partial charge in [-0.2, -0.15) is 0 Å². The van der Waals surface area contributed by atoms with E-state index in [4.69, 9.17) is 11.6 Å². The number of rotatable bonds is 5. The minimum atomic E-state index is -4.01. The highest BCUT2D eigenvalue weighted by Crippen LogP contribution is 2.27. The fraction of sp³-hybridized carbons (Fsp3) is 0.300. The van der Waals surface area contributed by atoms with Crippen LogP contribution < -0.4 is 4.72 Å². The van der Waals surface area contributed by atoms with Gasteiger partial charge in [-0.1, -0.05) is 11.6 Å². The Morgan fingerprint density at radius 2 is 2.05 bits per heavy atom. The third kappa shape index (κ3) is 3.72. The van der Waals surface area contributed by atoms with Crippen molar-refractivity contribution in [2.75, 3.05) is 0 Å². The van der Waals surface area contributed by atoms with Crippen molar-refractivity contribution < 1.29 is 18.1 Å². The normalized spacial score (nSPS) is 13.0. The number of nitro benzene ring substituents is 1. The van der Waals surface area contributed by atoms with Crippen LogP contribution in [0.15, 0.2) is 23.1 Å². The molecular formula is C10H11ClN2O5S. The molecule has 1 rings (SSSR count). The summed E-state index contributed by atoms with van der Waals surface area (Å²) in [6.45, 7) is 2.61. The Labute approximate surface area is 114 Å². The number of ketones is 1. The van der Waals surface area contributed by atoms with E-state index in [1.165, 1.54) is 13.8 Å². The van der Waals surface area contributed by atoms with Crippen LogP contribution in [0.25, 0.3) is 0 Å². The molecule has 1 atom stereocenters. The van der Waals surface area contributed by atoms with Gasteiger partial charge in [0, 0.05) is 6.07 Å². The van der Waals surface area contributed by atoms with Gasteiger partial charge in [-0.15, -0.1) is 0 Å². The second-order valence-corrected chi connectivity index (χ2v) is 5.95. The summed E-state index contributed by atoms with van der Waals surface area (Å²) in [6.07, 6.45) is 0. The van der Waals surface area contributed by atoms with Gasteiger partial charge in [0.2, 0.25) is 10.0 Å². The van der Waals surface area contributed by atoms with E-state index < -0.39 is 26.7 Å². The molecule has 0 saturated carbocycles. The van der Waals surface area contributed by atoms with Crippen LogP contribution in [-0.4, -0.2) is 25.2 Å². The van der Waals surface area contributed by atoms with E-state index in [1.54, 1.807) is 0 Å². The van der Waals surface area contributed by atoms with E-state index in [1.807, 2.05) is 0 Å². The third-order valence-electron chi connectivity index (χ3n) is 2.37. The lowest BCUT2D eigenvalue weighted by Gasteiger charge is -2.11. The van der Waals surface area contributed by atoms with Gasteiger partial charge < -0.3 is 0 Å². The number of carbonyl (C=O) groups excluding carboxylic acids is 1. The topological polar surface area (TPSA) is 106 Å². The Bertz CT molecular complexity index is 629. The van der Waals surface area contributed by atoms with E-state index in [-0.39, 0.29) is 15.7 Å². The Hall–Kier alpha value is -1.51. The molecule has 1 unspecified atom stereocenters. The monoisotopic (exact) mass is 306 g/mol. The molecule has 0 spiro atoms. The molecule has 0 aromatic heterocycles. The molecule has 0 aliphatic heterocycles. The molecule has 1 aromatic carbocycles. The summed E-state index contributed by atoms with van der Waals surface area (Å²) in [5.74, 6) is -0.368. The Balaban J connectivity index is 3.19. The third-order valence-corrected chi connectivity index (χ3v) is 4.22. The zero-order valence-electron chi connectivity index (χ0n) is 10.1. The second kappa shape index (κ2) is 5.64. The number of nitrogens with zero attached hydrogens (tertiary/aromatic N) is 1. The first-order chi connectivity index (χ1) is 8.65. The first kappa shape index (κ1) is 15.5. The van der Waals surface area contributed by atoms with E-state index in [2.05, 4.69) is 4.72 Å². The van der Waals surface area contributed by atoms with Gasteiger partial charge in [0.25, 0.3) is 5.69 Å². The number of benzene rings is 1. The summed E-state index contributed by atoms with van der Waals surface area (Å²) in [6, 6.07) is 2.18. The quantitative estimate of drug-likeness (QED) is 0.655. The SMILES string of the molecule is CC(=O)C(C)NS(=O)(=O)c1ccc(Cl)c([N+](=O)[O-])c1. The standard InChI is InChI=1S/C10H11ClN2O5S/c1-6(7(2)14)12-19(17,18)8-3-4-9(11)10(5-8)13(15)16/h3-6,12H,1-2H3. The van der Waals surface area contributed by atoms with Crippen molar-refractivity contribution in [2.24, 2.45) is 0 Å². The molecule has 0 bridgehead atoms. The van der Waals surface area contributed by atoms with Gasteiger partial charge in [0.05, 0.1) is 15.9 Å². The maximum absolute atomic E-state index is 11.9. The first-order valence-electron chi connectivity index (χ1n) is 5.12. The van der Waals surface area contributed by atoms with Crippen molar-refractivity contribution in [3.05, 3.63) is 33.3 Å². The number of hydrogen-bond donors (Lipinski definition) is 1. The van der Waals surface area contributed by atoms with Crippen LogP contribution in [0.2, 0.25) is 5.02 Å². The molecule has 0 radical (unpaired) electrons. The van der Waals surface area contributed by atoms with Crippen LogP contribution in [0.4, 0.5) is 5.69 Å². The van der Waals surface area contributed by atoms with Gasteiger partial charge in [-0.3, -0.25) is 14.9 Å². The fourth-order valence-corrected chi connectivity index (χ4v) is 2.65. The molecule has 0 saturated heterocycles. The molecule has 0 aliphatic rings. The first-order valence-corrected chi connectivity index (χ1v) is 6.98.